The van der Waals surface area contributed by atoms with Gasteiger partial charge in [0.05, 0.1) is 36.4 Å². The van der Waals surface area contributed by atoms with Gasteiger partial charge in [0.15, 0.2) is 0 Å². The lowest BCUT2D eigenvalue weighted by Crippen LogP contribution is -2.55. The van der Waals surface area contributed by atoms with Gasteiger partial charge in [-0.25, -0.2) is 14.6 Å². The third kappa shape index (κ3) is 2.58. The summed E-state index contributed by atoms with van der Waals surface area (Å²) in [5.41, 5.74) is 1.50. The summed E-state index contributed by atoms with van der Waals surface area (Å²) in [5.74, 6) is -1.02. The maximum atomic E-state index is 12.4. The van der Waals surface area contributed by atoms with Gasteiger partial charge < -0.3 is 25.0 Å². The molecule has 1 aromatic rings. The van der Waals surface area contributed by atoms with Crippen LogP contribution in [0, 0.1) is 0 Å². The summed E-state index contributed by atoms with van der Waals surface area (Å²) < 4.78 is 5.41. The fourth-order valence-electron chi connectivity index (χ4n) is 2.83. The summed E-state index contributed by atoms with van der Waals surface area (Å²) in [7, 11) is 0. The van der Waals surface area contributed by atoms with E-state index in [1.807, 2.05) is 6.92 Å². The number of carboxylic acids is 1. The highest BCUT2D eigenvalue weighted by atomic mass is 16.5. The molecule has 2 amide bonds. The molecular formula is C13H18N4O4. The number of aromatic nitrogens is 2. The van der Waals surface area contributed by atoms with Gasteiger partial charge in [0, 0.05) is 13.0 Å². The van der Waals surface area contributed by atoms with E-state index in [4.69, 9.17) is 4.74 Å². The van der Waals surface area contributed by atoms with E-state index in [1.165, 1.54) is 11.2 Å². The number of amides is 2. The molecule has 0 radical (unpaired) electrons. The molecule has 3 N–H and O–H groups in total. The Morgan fingerprint density at radius 3 is 3.05 bits per heavy atom. The minimum absolute atomic E-state index is 0.0512. The third-order valence-electron chi connectivity index (χ3n) is 4.13. The lowest BCUT2D eigenvalue weighted by Gasteiger charge is -2.33. The van der Waals surface area contributed by atoms with Crippen LogP contribution in [0.3, 0.4) is 0 Å². The molecule has 3 unspecified atom stereocenters. The van der Waals surface area contributed by atoms with Gasteiger partial charge in [-0.3, -0.25) is 0 Å². The summed E-state index contributed by atoms with van der Waals surface area (Å²) in [6, 6.07) is -1.33. The average Bonchev–Trinajstić information content (AvgIpc) is 3.06. The number of urea groups is 1. The van der Waals surface area contributed by atoms with Crippen LogP contribution in [0.1, 0.15) is 24.7 Å². The molecule has 3 atom stereocenters. The van der Waals surface area contributed by atoms with Gasteiger partial charge in [-0.15, -0.1) is 0 Å². The minimum atomic E-state index is -1.02. The largest absolute Gasteiger partial charge is 0.480 e. The summed E-state index contributed by atoms with van der Waals surface area (Å²) in [4.78, 5) is 32.2. The van der Waals surface area contributed by atoms with E-state index in [0.717, 1.165) is 12.1 Å². The van der Waals surface area contributed by atoms with Gasteiger partial charge in [-0.2, -0.15) is 0 Å². The molecule has 1 aromatic heterocycles. The van der Waals surface area contributed by atoms with Gasteiger partial charge in [0.1, 0.15) is 6.04 Å². The summed E-state index contributed by atoms with van der Waals surface area (Å²) >= 11 is 0. The molecule has 0 bridgehead atoms. The lowest BCUT2D eigenvalue weighted by atomic mass is 10.0. The van der Waals surface area contributed by atoms with E-state index < -0.39 is 12.0 Å². The second-order valence-corrected chi connectivity index (χ2v) is 5.43. The molecule has 0 aliphatic carbocycles. The lowest BCUT2D eigenvalue weighted by molar-refractivity contribution is -0.142. The van der Waals surface area contributed by atoms with Crippen LogP contribution in [0.4, 0.5) is 4.79 Å². The molecular weight excluding hydrogens is 276 g/mol. The van der Waals surface area contributed by atoms with Crippen molar-refractivity contribution in [2.75, 3.05) is 6.61 Å². The zero-order valence-electron chi connectivity index (χ0n) is 11.7. The number of hydrogen-bond acceptors (Lipinski definition) is 4. The van der Waals surface area contributed by atoms with Crippen LogP contribution in [-0.4, -0.2) is 56.8 Å². The Bertz CT molecular complexity index is 558. The molecule has 8 nitrogen and oxygen atoms in total. The minimum Gasteiger partial charge on any atom is -0.480 e. The second kappa shape index (κ2) is 5.36. The van der Waals surface area contributed by atoms with E-state index in [-0.39, 0.29) is 31.1 Å². The highest BCUT2D eigenvalue weighted by Gasteiger charge is 2.37. The monoisotopic (exact) mass is 294 g/mol. The van der Waals surface area contributed by atoms with Crippen LogP contribution in [0.5, 0.6) is 0 Å². The first kappa shape index (κ1) is 13.9. The van der Waals surface area contributed by atoms with E-state index >= 15 is 0 Å². The second-order valence-electron chi connectivity index (χ2n) is 5.43. The number of ether oxygens (including phenoxy) is 1. The van der Waals surface area contributed by atoms with Crippen molar-refractivity contribution in [3.63, 3.8) is 0 Å². The number of carbonyl (C=O) groups is 2. The Morgan fingerprint density at radius 2 is 2.38 bits per heavy atom. The number of nitrogens with one attached hydrogen (secondary N) is 2. The number of carbonyl (C=O) groups excluding carboxylic acids is 1. The van der Waals surface area contributed by atoms with Crippen molar-refractivity contribution >= 4 is 12.0 Å². The van der Waals surface area contributed by atoms with Gasteiger partial charge >= 0.3 is 12.0 Å². The average molecular weight is 294 g/mol. The van der Waals surface area contributed by atoms with Crippen LogP contribution < -0.4 is 5.32 Å². The van der Waals surface area contributed by atoms with Crippen molar-refractivity contribution in [2.24, 2.45) is 0 Å². The van der Waals surface area contributed by atoms with Crippen LogP contribution in [-0.2, 0) is 22.5 Å². The van der Waals surface area contributed by atoms with Crippen LogP contribution in [0.25, 0.3) is 0 Å². The van der Waals surface area contributed by atoms with E-state index in [9.17, 15) is 14.7 Å². The standard InChI is InChI=1S/C13H18N4O4/c1-7-8(2-3-21-7)16-13(20)17-5-10-9(14-6-15-10)4-11(17)12(18)19/h6-8,11H,2-5H2,1H3,(H,14,15)(H,16,20)(H,18,19). The number of aromatic amines is 1. The van der Waals surface area contributed by atoms with Crippen molar-refractivity contribution in [1.29, 1.82) is 0 Å². The number of H-pyrrole nitrogens is 1. The van der Waals surface area contributed by atoms with Crippen molar-refractivity contribution in [3.05, 3.63) is 17.7 Å². The Labute approximate surface area is 121 Å². The molecule has 2 aliphatic heterocycles. The predicted molar refractivity (Wildman–Crippen MR) is 71.6 cm³/mol. The molecule has 0 aromatic carbocycles. The summed E-state index contributed by atoms with van der Waals surface area (Å²) in [5, 5.41) is 12.2. The highest BCUT2D eigenvalue weighted by molar-refractivity contribution is 5.83. The molecule has 3 rings (SSSR count). The van der Waals surface area contributed by atoms with Gasteiger partial charge in [-0.1, -0.05) is 0 Å². The van der Waals surface area contributed by atoms with Crippen molar-refractivity contribution < 1.29 is 19.4 Å². The molecule has 1 saturated heterocycles. The number of fused-ring (bicyclic) bond motifs is 1. The molecule has 0 spiro atoms. The van der Waals surface area contributed by atoms with E-state index in [1.54, 1.807) is 0 Å². The maximum absolute atomic E-state index is 12.4. The van der Waals surface area contributed by atoms with Crippen molar-refractivity contribution in [2.45, 2.75) is 44.5 Å². The van der Waals surface area contributed by atoms with Crippen LogP contribution in [0.2, 0.25) is 0 Å². The Morgan fingerprint density at radius 1 is 1.57 bits per heavy atom. The molecule has 0 saturated carbocycles. The van der Waals surface area contributed by atoms with E-state index in [2.05, 4.69) is 15.3 Å². The zero-order valence-corrected chi connectivity index (χ0v) is 11.7. The molecule has 2 aliphatic rings. The van der Waals surface area contributed by atoms with Crippen molar-refractivity contribution in [1.82, 2.24) is 20.2 Å². The SMILES string of the molecule is CC1OCCC1NC(=O)N1Cc2[nH]cnc2CC1C(=O)O. The molecule has 8 heteroatoms. The Hall–Kier alpha value is -2.09. The van der Waals surface area contributed by atoms with Crippen LogP contribution >= 0.6 is 0 Å². The first-order chi connectivity index (χ1) is 10.1. The maximum Gasteiger partial charge on any atom is 0.326 e. The summed E-state index contributed by atoms with van der Waals surface area (Å²) in [6.07, 6.45) is 2.44. The summed E-state index contributed by atoms with van der Waals surface area (Å²) in [6.45, 7) is 2.73. The molecule has 1 fully saturated rings. The Kier molecular flexibility index (Phi) is 3.54. The van der Waals surface area contributed by atoms with Gasteiger partial charge in [-0.05, 0) is 13.3 Å². The Balaban J connectivity index is 1.75. The quantitative estimate of drug-likeness (QED) is 0.717. The number of imidazole rings is 1. The molecule has 21 heavy (non-hydrogen) atoms. The topological polar surface area (TPSA) is 108 Å². The van der Waals surface area contributed by atoms with Gasteiger partial charge in [0.25, 0.3) is 0 Å². The normalized spacial score (nSPS) is 28.2. The number of carboxylic acid groups (broad SMARTS) is 1. The molecule has 3 heterocycles. The number of nitrogens with zero attached hydrogens (tertiary/aromatic N) is 2. The fraction of sp³-hybridized carbons (Fsp3) is 0.615. The predicted octanol–water partition coefficient (Wildman–Crippen LogP) is 0.108. The first-order valence-electron chi connectivity index (χ1n) is 6.99. The number of rotatable bonds is 2. The smallest absolute Gasteiger partial charge is 0.326 e. The number of hydrogen-bond donors (Lipinski definition) is 3. The number of aliphatic carboxylic acids is 1. The third-order valence-corrected chi connectivity index (χ3v) is 4.13. The van der Waals surface area contributed by atoms with E-state index in [0.29, 0.717) is 12.3 Å². The molecule has 114 valence electrons. The van der Waals surface area contributed by atoms with Gasteiger partial charge in [0.2, 0.25) is 0 Å². The van der Waals surface area contributed by atoms with Crippen molar-refractivity contribution in [3.8, 4) is 0 Å². The fourth-order valence-corrected chi connectivity index (χ4v) is 2.83. The zero-order chi connectivity index (χ0) is 15.0. The highest BCUT2D eigenvalue weighted by Crippen LogP contribution is 2.22. The van der Waals surface area contributed by atoms with Crippen LogP contribution in [0.15, 0.2) is 6.33 Å². The first-order valence-corrected chi connectivity index (χ1v) is 6.99.